The van der Waals surface area contributed by atoms with Crippen LogP contribution in [0.15, 0.2) is 12.1 Å². The van der Waals surface area contributed by atoms with Crippen molar-refractivity contribution in [1.29, 1.82) is 0 Å². The minimum Gasteiger partial charge on any atom is -0.297 e. The van der Waals surface area contributed by atoms with Crippen LogP contribution in [-0.4, -0.2) is 22.2 Å². The number of H-pyrrole nitrogens is 1. The Morgan fingerprint density at radius 2 is 2.38 bits per heavy atom. The molecule has 0 aromatic carbocycles. The van der Waals surface area contributed by atoms with Gasteiger partial charge in [0.1, 0.15) is 5.69 Å². The highest BCUT2D eigenvalue weighted by Gasteiger charge is 2.19. The Labute approximate surface area is 101 Å². The Morgan fingerprint density at radius 1 is 1.44 bits per heavy atom. The van der Waals surface area contributed by atoms with Crippen molar-refractivity contribution in [3.05, 3.63) is 28.3 Å². The van der Waals surface area contributed by atoms with Gasteiger partial charge in [0.2, 0.25) is 0 Å². The summed E-state index contributed by atoms with van der Waals surface area (Å²) in [6.45, 7) is 0. The van der Waals surface area contributed by atoms with Crippen LogP contribution in [0.25, 0.3) is 10.6 Å². The lowest BCUT2D eigenvalue weighted by atomic mass is 10.1. The van der Waals surface area contributed by atoms with Crippen LogP contribution in [-0.2, 0) is 12.2 Å². The molecule has 2 aromatic rings. The van der Waals surface area contributed by atoms with Gasteiger partial charge in [0.05, 0.1) is 9.75 Å². The first-order valence-electron chi connectivity index (χ1n) is 5.07. The first kappa shape index (κ1) is 10.1. The summed E-state index contributed by atoms with van der Waals surface area (Å²) in [5, 5.41) is 7.48. The third-order valence-corrected chi connectivity index (χ3v) is 4.67. The molecule has 16 heavy (non-hydrogen) atoms. The Bertz CT molecular complexity index is 530. The molecule has 3 heterocycles. The molecule has 0 radical (unpaired) electrons. The van der Waals surface area contributed by atoms with E-state index in [2.05, 4.69) is 10.2 Å². The van der Waals surface area contributed by atoms with Gasteiger partial charge < -0.3 is 0 Å². The summed E-state index contributed by atoms with van der Waals surface area (Å²) in [5.41, 5.74) is 3.60. The fourth-order valence-electron chi connectivity index (χ4n) is 1.86. The zero-order valence-electron chi connectivity index (χ0n) is 8.53. The average Bonchev–Trinajstić information content (AvgIpc) is 2.94. The van der Waals surface area contributed by atoms with E-state index < -0.39 is 0 Å². The highest BCUT2D eigenvalue weighted by molar-refractivity contribution is 7.98. The predicted molar refractivity (Wildman–Crippen MR) is 67.2 cm³/mol. The van der Waals surface area contributed by atoms with Gasteiger partial charge in [-0.15, -0.1) is 11.3 Å². The number of rotatable bonds is 2. The maximum Gasteiger partial charge on any atom is 0.160 e. The Balaban J connectivity index is 2.05. The Kier molecular flexibility index (Phi) is 2.57. The first-order chi connectivity index (χ1) is 7.88. The van der Waals surface area contributed by atoms with E-state index >= 15 is 0 Å². The Morgan fingerprint density at radius 3 is 3.19 bits per heavy atom. The predicted octanol–water partition coefficient (Wildman–Crippen LogP) is 2.74. The van der Waals surface area contributed by atoms with Crippen molar-refractivity contribution in [1.82, 2.24) is 10.2 Å². The number of aromatic amines is 1. The minimum absolute atomic E-state index is 0.759. The number of nitrogens with one attached hydrogen (secondary N) is 1. The topological polar surface area (TPSA) is 45.8 Å². The van der Waals surface area contributed by atoms with Gasteiger partial charge in [-0.25, -0.2) is 0 Å². The van der Waals surface area contributed by atoms with Crippen molar-refractivity contribution in [2.75, 3.05) is 5.75 Å². The zero-order chi connectivity index (χ0) is 11.0. The fourth-order valence-corrected chi connectivity index (χ4v) is 3.71. The lowest BCUT2D eigenvalue weighted by Crippen LogP contribution is -2.00. The summed E-state index contributed by atoms with van der Waals surface area (Å²) in [7, 11) is 0. The van der Waals surface area contributed by atoms with Crippen LogP contribution in [0.4, 0.5) is 0 Å². The van der Waals surface area contributed by atoms with E-state index in [0.717, 1.165) is 33.9 Å². The van der Waals surface area contributed by atoms with Gasteiger partial charge in [0.15, 0.2) is 6.29 Å². The van der Waals surface area contributed by atoms with Gasteiger partial charge in [-0.2, -0.15) is 16.9 Å². The van der Waals surface area contributed by atoms with Crippen LogP contribution >= 0.6 is 23.1 Å². The number of aryl methyl sites for hydroxylation is 1. The standard InChI is InChI=1S/C11H10N2OS2/c14-5-7-1-2-10(16-7)11-8-6-15-4-3-9(8)12-13-11/h1-2,5H,3-4,6H2,(H,12,13). The van der Waals surface area contributed by atoms with Gasteiger partial charge in [-0.3, -0.25) is 9.89 Å². The van der Waals surface area contributed by atoms with Crippen molar-refractivity contribution in [2.45, 2.75) is 12.2 Å². The maximum atomic E-state index is 10.7. The van der Waals surface area contributed by atoms with Gasteiger partial charge in [-0.1, -0.05) is 0 Å². The number of thioether (sulfide) groups is 1. The summed E-state index contributed by atoms with van der Waals surface area (Å²) in [4.78, 5) is 12.5. The summed E-state index contributed by atoms with van der Waals surface area (Å²) in [5.74, 6) is 2.19. The van der Waals surface area contributed by atoms with E-state index in [9.17, 15) is 4.79 Å². The molecule has 0 fully saturated rings. The molecule has 2 aromatic heterocycles. The van der Waals surface area contributed by atoms with Gasteiger partial charge in [-0.05, 0) is 24.3 Å². The number of fused-ring (bicyclic) bond motifs is 1. The molecule has 0 spiro atoms. The van der Waals surface area contributed by atoms with Crippen LogP contribution in [0.5, 0.6) is 0 Å². The van der Waals surface area contributed by atoms with Crippen LogP contribution in [0.1, 0.15) is 20.9 Å². The summed E-state index contributed by atoms with van der Waals surface area (Å²) >= 11 is 3.44. The number of hydrogen-bond acceptors (Lipinski definition) is 4. The molecule has 82 valence electrons. The lowest BCUT2D eigenvalue weighted by molar-refractivity contribution is 0.112. The molecule has 0 atom stereocenters. The molecule has 1 aliphatic rings. The molecule has 0 bridgehead atoms. The number of aromatic nitrogens is 2. The van der Waals surface area contributed by atoms with E-state index in [-0.39, 0.29) is 0 Å². The average molecular weight is 250 g/mol. The molecule has 0 saturated heterocycles. The molecule has 0 amide bonds. The van der Waals surface area contributed by atoms with Crippen molar-refractivity contribution < 1.29 is 4.79 Å². The molecule has 1 aliphatic heterocycles. The van der Waals surface area contributed by atoms with E-state index in [1.807, 2.05) is 23.9 Å². The zero-order valence-corrected chi connectivity index (χ0v) is 10.2. The number of thiophene rings is 1. The van der Waals surface area contributed by atoms with Crippen molar-refractivity contribution >= 4 is 29.4 Å². The van der Waals surface area contributed by atoms with Crippen LogP contribution in [0.2, 0.25) is 0 Å². The highest BCUT2D eigenvalue weighted by Crippen LogP contribution is 2.34. The first-order valence-corrected chi connectivity index (χ1v) is 7.05. The van der Waals surface area contributed by atoms with E-state index in [1.54, 1.807) is 0 Å². The van der Waals surface area contributed by atoms with E-state index in [1.165, 1.54) is 28.3 Å². The quantitative estimate of drug-likeness (QED) is 0.834. The maximum absolute atomic E-state index is 10.7. The molecule has 3 rings (SSSR count). The summed E-state index contributed by atoms with van der Waals surface area (Å²) in [6, 6.07) is 3.83. The molecule has 0 unspecified atom stereocenters. The van der Waals surface area contributed by atoms with Gasteiger partial charge in [0, 0.05) is 17.0 Å². The fraction of sp³-hybridized carbons (Fsp3) is 0.273. The molecular weight excluding hydrogens is 240 g/mol. The molecular formula is C11H10N2OS2. The number of hydrogen-bond donors (Lipinski definition) is 1. The molecule has 3 nitrogen and oxygen atoms in total. The normalized spacial score (nSPS) is 14.8. The second-order valence-corrected chi connectivity index (χ2v) is 5.87. The monoisotopic (exact) mass is 250 g/mol. The second-order valence-electron chi connectivity index (χ2n) is 3.65. The molecule has 1 N–H and O–H groups in total. The number of carbonyl (C=O) groups excluding carboxylic acids is 1. The number of aldehydes is 1. The van der Waals surface area contributed by atoms with Gasteiger partial charge in [0.25, 0.3) is 0 Å². The Hall–Kier alpha value is -1.07. The third-order valence-electron chi connectivity index (χ3n) is 2.67. The number of carbonyl (C=O) groups is 1. The van der Waals surface area contributed by atoms with Crippen LogP contribution in [0, 0.1) is 0 Å². The van der Waals surface area contributed by atoms with E-state index in [0.29, 0.717) is 0 Å². The highest BCUT2D eigenvalue weighted by atomic mass is 32.2. The van der Waals surface area contributed by atoms with E-state index in [4.69, 9.17) is 0 Å². The molecule has 0 saturated carbocycles. The van der Waals surface area contributed by atoms with Crippen molar-refractivity contribution in [2.24, 2.45) is 0 Å². The third kappa shape index (κ3) is 1.60. The molecule has 0 aliphatic carbocycles. The SMILES string of the molecule is O=Cc1ccc(-c2n[nH]c3c2CSCC3)s1. The van der Waals surface area contributed by atoms with Gasteiger partial charge >= 0.3 is 0 Å². The summed E-state index contributed by atoms with van der Waals surface area (Å²) < 4.78 is 0. The van der Waals surface area contributed by atoms with Crippen molar-refractivity contribution in [3.63, 3.8) is 0 Å². The lowest BCUT2D eigenvalue weighted by Gasteiger charge is -2.10. The van der Waals surface area contributed by atoms with Crippen molar-refractivity contribution in [3.8, 4) is 10.6 Å². The van der Waals surface area contributed by atoms with Crippen LogP contribution < -0.4 is 0 Å². The minimum atomic E-state index is 0.759. The summed E-state index contributed by atoms with van der Waals surface area (Å²) in [6.07, 6.45) is 1.96. The second kappa shape index (κ2) is 4.07. The molecule has 5 heteroatoms. The van der Waals surface area contributed by atoms with Crippen LogP contribution in [0.3, 0.4) is 0 Å². The smallest absolute Gasteiger partial charge is 0.160 e. The largest absolute Gasteiger partial charge is 0.297 e. The number of nitrogens with zero attached hydrogens (tertiary/aromatic N) is 1.